The van der Waals surface area contributed by atoms with E-state index in [-0.39, 0.29) is 5.75 Å². The van der Waals surface area contributed by atoms with E-state index in [0.717, 1.165) is 17.7 Å². The van der Waals surface area contributed by atoms with Gasteiger partial charge < -0.3 is 4.74 Å². The van der Waals surface area contributed by atoms with Crippen molar-refractivity contribution >= 4 is 15.7 Å². The molecule has 1 aliphatic heterocycles. The SMILES string of the molecule is CCCS(=O)(=O)Nc1cnc2c(c1)COCC2. The second-order valence-corrected chi connectivity index (χ2v) is 5.90. The fraction of sp³-hybridized carbons (Fsp3) is 0.545. The van der Waals surface area contributed by atoms with Crippen molar-refractivity contribution in [2.24, 2.45) is 0 Å². The van der Waals surface area contributed by atoms with Crippen molar-refractivity contribution in [3.05, 3.63) is 23.5 Å². The number of fused-ring (bicyclic) bond motifs is 1. The topological polar surface area (TPSA) is 68.3 Å². The number of hydrogen-bond acceptors (Lipinski definition) is 4. The largest absolute Gasteiger partial charge is 0.376 e. The predicted molar refractivity (Wildman–Crippen MR) is 65.3 cm³/mol. The molecule has 0 aromatic carbocycles. The Bertz CT molecular complexity index is 499. The minimum Gasteiger partial charge on any atom is -0.376 e. The molecule has 0 bridgehead atoms. The molecule has 6 heteroatoms. The maximum Gasteiger partial charge on any atom is 0.232 e. The summed E-state index contributed by atoms with van der Waals surface area (Å²) in [6.45, 7) is 3.02. The Morgan fingerprint density at radius 2 is 2.35 bits per heavy atom. The molecular weight excluding hydrogens is 240 g/mol. The minimum atomic E-state index is -3.24. The van der Waals surface area contributed by atoms with Crippen molar-refractivity contribution in [3.8, 4) is 0 Å². The van der Waals surface area contributed by atoms with E-state index in [1.807, 2.05) is 6.92 Å². The van der Waals surface area contributed by atoms with E-state index in [4.69, 9.17) is 4.74 Å². The van der Waals surface area contributed by atoms with Gasteiger partial charge in [0, 0.05) is 17.7 Å². The van der Waals surface area contributed by atoms with Gasteiger partial charge in [0.15, 0.2) is 0 Å². The number of anilines is 1. The summed E-state index contributed by atoms with van der Waals surface area (Å²) in [6.07, 6.45) is 2.95. The zero-order valence-electron chi connectivity index (χ0n) is 9.77. The van der Waals surface area contributed by atoms with Gasteiger partial charge in [0.25, 0.3) is 0 Å². The average Bonchev–Trinajstić information content (AvgIpc) is 2.28. The van der Waals surface area contributed by atoms with Gasteiger partial charge in [0.05, 0.1) is 30.9 Å². The molecule has 0 spiro atoms. The summed E-state index contributed by atoms with van der Waals surface area (Å²) < 4.78 is 31.0. The van der Waals surface area contributed by atoms with E-state index in [2.05, 4.69) is 9.71 Å². The maximum absolute atomic E-state index is 11.6. The first-order valence-electron chi connectivity index (χ1n) is 5.67. The first-order chi connectivity index (χ1) is 8.11. The van der Waals surface area contributed by atoms with Crippen molar-refractivity contribution < 1.29 is 13.2 Å². The van der Waals surface area contributed by atoms with Crippen molar-refractivity contribution in [1.82, 2.24) is 4.98 Å². The molecule has 0 fully saturated rings. The molecule has 0 saturated carbocycles. The molecule has 2 heterocycles. The van der Waals surface area contributed by atoms with Gasteiger partial charge in [-0.25, -0.2) is 8.42 Å². The Labute approximate surface area is 101 Å². The van der Waals surface area contributed by atoms with Gasteiger partial charge in [-0.2, -0.15) is 0 Å². The number of rotatable bonds is 4. The smallest absolute Gasteiger partial charge is 0.232 e. The summed E-state index contributed by atoms with van der Waals surface area (Å²) in [6, 6.07) is 1.80. The van der Waals surface area contributed by atoms with Gasteiger partial charge in [-0.05, 0) is 12.5 Å². The summed E-state index contributed by atoms with van der Waals surface area (Å²) in [5.74, 6) is 0.126. The first-order valence-corrected chi connectivity index (χ1v) is 7.32. The van der Waals surface area contributed by atoms with Crippen LogP contribution in [0.4, 0.5) is 5.69 Å². The zero-order chi connectivity index (χ0) is 12.3. The normalized spacial score (nSPS) is 15.4. The third-order valence-corrected chi connectivity index (χ3v) is 4.04. The zero-order valence-corrected chi connectivity index (χ0v) is 10.6. The van der Waals surface area contributed by atoms with Crippen LogP contribution < -0.4 is 4.72 Å². The van der Waals surface area contributed by atoms with Crippen LogP contribution in [0.1, 0.15) is 24.6 Å². The quantitative estimate of drug-likeness (QED) is 0.881. The number of aromatic nitrogens is 1. The highest BCUT2D eigenvalue weighted by atomic mass is 32.2. The van der Waals surface area contributed by atoms with Crippen LogP contribution in [0.5, 0.6) is 0 Å². The minimum absolute atomic E-state index is 0.126. The molecule has 1 aliphatic rings. The van der Waals surface area contributed by atoms with E-state index >= 15 is 0 Å². The van der Waals surface area contributed by atoms with Crippen LogP contribution in [0.3, 0.4) is 0 Å². The summed E-state index contributed by atoms with van der Waals surface area (Å²) >= 11 is 0. The number of pyridine rings is 1. The molecule has 1 N–H and O–H groups in total. The monoisotopic (exact) mass is 256 g/mol. The van der Waals surface area contributed by atoms with Crippen LogP contribution in [0.2, 0.25) is 0 Å². The molecule has 0 saturated heterocycles. The predicted octanol–water partition coefficient (Wildman–Crippen LogP) is 1.31. The highest BCUT2D eigenvalue weighted by molar-refractivity contribution is 7.92. The third-order valence-electron chi connectivity index (χ3n) is 2.55. The second kappa shape index (κ2) is 5.01. The number of sulfonamides is 1. The number of nitrogens with one attached hydrogen (secondary N) is 1. The lowest BCUT2D eigenvalue weighted by atomic mass is 10.1. The molecular formula is C11H16N2O3S. The Balaban J connectivity index is 2.17. The summed E-state index contributed by atoms with van der Waals surface area (Å²) in [4.78, 5) is 4.26. The summed E-state index contributed by atoms with van der Waals surface area (Å²) in [7, 11) is -3.24. The van der Waals surface area contributed by atoms with Crippen LogP contribution >= 0.6 is 0 Å². The number of ether oxygens (including phenoxy) is 1. The lowest BCUT2D eigenvalue weighted by molar-refractivity contribution is 0.109. The Hall–Kier alpha value is -1.14. The van der Waals surface area contributed by atoms with Crippen LogP contribution in [0.15, 0.2) is 12.3 Å². The van der Waals surface area contributed by atoms with Gasteiger partial charge in [0.2, 0.25) is 10.0 Å². The molecule has 0 aliphatic carbocycles. The van der Waals surface area contributed by atoms with Crippen molar-refractivity contribution in [3.63, 3.8) is 0 Å². The molecule has 0 amide bonds. The molecule has 2 rings (SSSR count). The lowest BCUT2D eigenvalue weighted by Crippen LogP contribution is -2.18. The van der Waals surface area contributed by atoms with Gasteiger partial charge in [0.1, 0.15) is 0 Å². The fourth-order valence-corrected chi connectivity index (χ4v) is 2.91. The Morgan fingerprint density at radius 1 is 1.53 bits per heavy atom. The van der Waals surface area contributed by atoms with Crippen LogP contribution in [0.25, 0.3) is 0 Å². The van der Waals surface area contributed by atoms with Crippen LogP contribution in [0, 0.1) is 0 Å². The molecule has 5 nitrogen and oxygen atoms in total. The maximum atomic E-state index is 11.6. The van der Waals surface area contributed by atoms with E-state index < -0.39 is 10.0 Å². The Morgan fingerprint density at radius 3 is 3.12 bits per heavy atom. The van der Waals surface area contributed by atoms with Gasteiger partial charge >= 0.3 is 0 Å². The van der Waals surface area contributed by atoms with Crippen molar-refractivity contribution in [1.29, 1.82) is 0 Å². The molecule has 1 aromatic heterocycles. The van der Waals surface area contributed by atoms with Crippen molar-refractivity contribution in [2.75, 3.05) is 17.1 Å². The summed E-state index contributed by atoms with van der Waals surface area (Å²) in [5, 5.41) is 0. The van der Waals surface area contributed by atoms with E-state index in [9.17, 15) is 8.42 Å². The van der Waals surface area contributed by atoms with Crippen LogP contribution in [-0.2, 0) is 27.8 Å². The average molecular weight is 256 g/mol. The molecule has 0 atom stereocenters. The molecule has 0 radical (unpaired) electrons. The van der Waals surface area contributed by atoms with E-state index in [1.165, 1.54) is 0 Å². The number of nitrogens with zero attached hydrogens (tertiary/aromatic N) is 1. The molecule has 94 valence electrons. The lowest BCUT2D eigenvalue weighted by Gasteiger charge is -2.16. The van der Waals surface area contributed by atoms with Gasteiger partial charge in [-0.15, -0.1) is 0 Å². The molecule has 0 unspecified atom stereocenters. The van der Waals surface area contributed by atoms with Gasteiger partial charge in [-0.1, -0.05) is 6.92 Å². The molecule has 1 aromatic rings. The van der Waals surface area contributed by atoms with E-state index in [0.29, 0.717) is 25.3 Å². The summed E-state index contributed by atoms with van der Waals surface area (Å²) in [5.41, 5.74) is 2.48. The van der Waals surface area contributed by atoms with E-state index in [1.54, 1.807) is 12.3 Å². The van der Waals surface area contributed by atoms with Crippen LogP contribution in [-0.4, -0.2) is 25.8 Å². The second-order valence-electron chi connectivity index (χ2n) is 4.05. The van der Waals surface area contributed by atoms with Gasteiger partial charge in [-0.3, -0.25) is 9.71 Å². The highest BCUT2D eigenvalue weighted by Crippen LogP contribution is 2.19. The molecule has 17 heavy (non-hydrogen) atoms. The third kappa shape index (κ3) is 3.17. The highest BCUT2D eigenvalue weighted by Gasteiger charge is 2.14. The standard InChI is InChI=1S/C11H16N2O3S/c1-2-5-17(14,15)13-10-6-9-8-16-4-3-11(9)12-7-10/h6-7,13H,2-5,8H2,1H3. The first kappa shape index (κ1) is 12.3. The number of hydrogen-bond donors (Lipinski definition) is 1. The van der Waals surface area contributed by atoms with Crippen molar-refractivity contribution in [2.45, 2.75) is 26.4 Å². The Kier molecular flexibility index (Phi) is 3.63. The fourth-order valence-electron chi connectivity index (χ4n) is 1.79.